The van der Waals surface area contributed by atoms with Crippen molar-refractivity contribution in [3.05, 3.63) is 29.9 Å². The van der Waals surface area contributed by atoms with Crippen molar-refractivity contribution in [3.8, 4) is 0 Å². The molecule has 0 bridgehead atoms. The Morgan fingerprint density at radius 2 is 2.29 bits per heavy atom. The molecule has 0 fully saturated rings. The molecule has 0 aliphatic heterocycles. The van der Waals surface area contributed by atoms with Gasteiger partial charge >= 0.3 is 0 Å². The summed E-state index contributed by atoms with van der Waals surface area (Å²) in [4.78, 5) is 8.60. The molecule has 2 heterocycles. The normalized spacial score (nSPS) is 11.3. The van der Waals surface area contributed by atoms with E-state index in [-0.39, 0.29) is 5.92 Å². The summed E-state index contributed by atoms with van der Waals surface area (Å²) >= 11 is 0. The molecule has 1 N–H and O–H groups in total. The first-order valence-electron chi connectivity index (χ1n) is 5.67. The van der Waals surface area contributed by atoms with Gasteiger partial charge in [0.25, 0.3) is 0 Å². The molecule has 0 aliphatic carbocycles. The topological polar surface area (TPSA) is 68.8 Å². The summed E-state index contributed by atoms with van der Waals surface area (Å²) in [5.74, 6) is 2.58. The predicted octanol–water partition coefficient (Wildman–Crippen LogP) is 1.16. The number of nitrogens with one attached hydrogen (secondary N) is 1. The SMILES string of the molecule is CNCc1nccn1Cc1noc(C(C)C)n1. The van der Waals surface area contributed by atoms with Gasteiger partial charge in [-0.3, -0.25) is 0 Å². The quantitative estimate of drug-likeness (QED) is 0.842. The van der Waals surface area contributed by atoms with Crippen molar-refractivity contribution in [2.75, 3.05) is 7.05 Å². The molecule has 6 heteroatoms. The highest BCUT2D eigenvalue weighted by Crippen LogP contribution is 2.11. The molecule has 2 aromatic heterocycles. The highest BCUT2D eigenvalue weighted by atomic mass is 16.5. The van der Waals surface area contributed by atoms with Crippen LogP contribution in [0.2, 0.25) is 0 Å². The van der Waals surface area contributed by atoms with E-state index in [1.807, 2.05) is 31.7 Å². The van der Waals surface area contributed by atoms with Crippen LogP contribution in [0.15, 0.2) is 16.9 Å². The van der Waals surface area contributed by atoms with Crippen LogP contribution in [0.4, 0.5) is 0 Å². The van der Waals surface area contributed by atoms with Crippen molar-refractivity contribution in [1.29, 1.82) is 0 Å². The second-order valence-corrected chi connectivity index (χ2v) is 4.21. The molecule has 6 nitrogen and oxygen atoms in total. The zero-order valence-corrected chi connectivity index (χ0v) is 10.3. The van der Waals surface area contributed by atoms with Gasteiger partial charge in [0.15, 0.2) is 5.82 Å². The Balaban J connectivity index is 2.11. The molecular formula is C11H17N5O. The van der Waals surface area contributed by atoms with Gasteiger partial charge in [-0.25, -0.2) is 4.98 Å². The zero-order valence-electron chi connectivity index (χ0n) is 10.3. The lowest BCUT2D eigenvalue weighted by Crippen LogP contribution is -2.13. The van der Waals surface area contributed by atoms with Crippen LogP contribution in [-0.2, 0) is 13.1 Å². The predicted molar refractivity (Wildman–Crippen MR) is 62.5 cm³/mol. The summed E-state index contributed by atoms with van der Waals surface area (Å²) in [5, 5.41) is 7.03. The standard InChI is InChI=1S/C11H17N5O/c1-8(2)11-14-9(15-17-11)7-16-5-4-13-10(16)6-12-3/h4-5,8,12H,6-7H2,1-3H3. The average molecular weight is 235 g/mol. The second-order valence-electron chi connectivity index (χ2n) is 4.21. The number of hydrogen-bond acceptors (Lipinski definition) is 5. The van der Waals surface area contributed by atoms with Crippen molar-refractivity contribution in [3.63, 3.8) is 0 Å². The Hall–Kier alpha value is -1.69. The third-order valence-corrected chi connectivity index (χ3v) is 2.43. The van der Waals surface area contributed by atoms with Crippen LogP contribution in [0.25, 0.3) is 0 Å². The first-order chi connectivity index (χ1) is 8.20. The maximum absolute atomic E-state index is 5.16. The van der Waals surface area contributed by atoms with Crippen LogP contribution in [0.1, 0.15) is 37.3 Å². The van der Waals surface area contributed by atoms with Crippen LogP contribution in [0.5, 0.6) is 0 Å². The zero-order chi connectivity index (χ0) is 12.3. The Morgan fingerprint density at radius 3 is 2.94 bits per heavy atom. The van der Waals surface area contributed by atoms with Gasteiger partial charge in [0.1, 0.15) is 5.82 Å². The molecule has 0 aromatic carbocycles. The molecule has 2 aromatic rings. The van der Waals surface area contributed by atoms with Gasteiger partial charge in [-0.1, -0.05) is 19.0 Å². The van der Waals surface area contributed by atoms with Crippen molar-refractivity contribution < 1.29 is 4.52 Å². The number of aromatic nitrogens is 4. The third kappa shape index (κ3) is 2.71. The number of rotatable bonds is 5. The monoisotopic (exact) mass is 235 g/mol. The smallest absolute Gasteiger partial charge is 0.229 e. The molecule has 0 saturated carbocycles. The van der Waals surface area contributed by atoms with Crippen molar-refractivity contribution >= 4 is 0 Å². The summed E-state index contributed by atoms with van der Waals surface area (Å²) in [6, 6.07) is 0. The van der Waals surface area contributed by atoms with Crippen molar-refractivity contribution in [2.45, 2.75) is 32.9 Å². The maximum atomic E-state index is 5.16. The van der Waals surface area contributed by atoms with Gasteiger partial charge in [-0.15, -0.1) is 0 Å². The first-order valence-corrected chi connectivity index (χ1v) is 5.67. The first kappa shape index (κ1) is 11.8. The fourth-order valence-corrected chi connectivity index (χ4v) is 1.53. The van der Waals surface area contributed by atoms with E-state index in [4.69, 9.17) is 4.52 Å². The Bertz CT molecular complexity index is 474. The minimum Gasteiger partial charge on any atom is -0.339 e. The van der Waals surface area contributed by atoms with Crippen LogP contribution >= 0.6 is 0 Å². The van der Waals surface area contributed by atoms with Gasteiger partial charge in [-0.2, -0.15) is 4.98 Å². The lowest BCUT2D eigenvalue weighted by atomic mass is 10.2. The fourth-order valence-electron chi connectivity index (χ4n) is 1.53. The average Bonchev–Trinajstić information content (AvgIpc) is 2.90. The van der Waals surface area contributed by atoms with E-state index < -0.39 is 0 Å². The van der Waals surface area contributed by atoms with Crippen molar-refractivity contribution in [2.24, 2.45) is 0 Å². The Labute approximate surface area is 100 Å². The maximum Gasteiger partial charge on any atom is 0.229 e. The van der Waals surface area contributed by atoms with Crippen LogP contribution in [0.3, 0.4) is 0 Å². The fraction of sp³-hybridized carbons (Fsp3) is 0.545. The minimum atomic E-state index is 0.260. The van der Waals surface area contributed by atoms with Gasteiger partial charge in [0.2, 0.25) is 5.89 Å². The van der Waals surface area contributed by atoms with E-state index >= 15 is 0 Å². The molecule has 0 unspecified atom stereocenters. The number of hydrogen-bond donors (Lipinski definition) is 1. The molecule has 0 radical (unpaired) electrons. The molecule has 2 rings (SSSR count). The molecule has 17 heavy (non-hydrogen) atoms. The molecule has 0 atom stereocenters. The number of imidazole rings is 1. The van der Waals surface area contributed by atoms with Gasteiger partial charge < -0.3 is 14.4 Å². The van der Waals surface area contributed by atoms with E-state index in [0.717, 1.165) is 12.4 Å². The van der Waals surface area contributed by atoms with Crippen LogP contribution < -0.4 is 5.32 Å². The minimum absolute atomic E-state index is 0.260. The van der Waals surface area contributed by atoms with E-state index in [9.17, 15) is 0 Å². The largest absolute Gasteiger partial charge is 0.339 e. The third-order valence-electron chi connectivity index (χ3n) is 2.43. The molecular weight excluding hydrogens is 218 g/mol. The Morgan fingerprint density at radius 1 is 1.47 bits per heavy atom. The lowest BCUT2D eigenvalue weighted by molar-refractivity contribution is 0.359. The molecule has 0 aliphatic rings. The molecule has 0 amide bonds. The number of nitrogens with zero attached hydrogens (tertiary/aromatic N) is 4. The van der Waals surface area contributed by atoms with E-state index in [1.54, 1.807) is 6.20 Å². The highest BCUT2D eigenvalue weighted by Gasteiger charge is 2.11. The summed E-state index contributed by atoms with van der Waals surface area (Å²) in [6.07, 6.45) is 3.69. The summed E-state index contributed by atoms with van der Waals surface area (Å²) in [7, 11) is 1.89. The molecule has 0 spiro atoms. The summed E-state index contributed by atoms with van der Waals surface area (Å²) < 4.78 is 7.17. The van der Waals surface area contributed by atoms with Gasteiger partial charge in [0.05, 0.1) is 13.1 Å². The summed E-state index contributed by atoms with van der Waals surface area (Å²) in [5.41, 5.74) is 0. The highest BCUT2D eigenvalue weighted by molar-refractivity contribution is 4.97. The van der Waals surface area contributed by atoms with E-state index in [2.05, 4.69) is 20.4 Å². The second kappa shape index (κ2) is 5.09. The van der Waals surface area contributed by atoms with Gasteiger partial charge in [-0.05, 0) is 7.05 Å². The van der Waals surface area contributed by atoms with Gasteiger partial charge in [0, 0.05) is 18.3 Å². The summed E-state index contributed by atoms with van der Waals surface area (Å²) in [6.45, 7) is 5.37. The van der Waals surface area contributed by atoms with Crippen LogP contribution in [0, 0.1) is 0 Å². The lowest BCUT2D eigenvalue weighted by Gasteiger charge is -2.03. The molecule has 0 saturated heterocycles. The molecule has 92 valence electrons. The van der Waals surface area contributed by atoms with Crippen molar-refractivity contribution in [1.82, 2.24) is 25.0 Å². The van der Waals surface area contributed by atoms with E-state index in [0.29, 0.717) is 18.3 Å². The van der Waals surface area contributed by atoms with Crippen LogP contribution in [-0.4, -0.2) is 26.7 Å². The Kier molecular flexibility index (Phi) is 3.53. The van der Waals surface area contributed by atoms with E-state index in [1.165, 1.54) is 0 Å².